The number of fused-ring (bicyclic) bond motifs is 2. The summed E-state index contributed by atoms with van der Waals surface area (Å²) in [5, 5.41) is 7.91. The number of carbonyl (C=O) groups excluding carboxylic acids is 1. The number of benzene rings is 1. The van der Waals surface area contributed by atoms with Gasteiger partial charge in [-0.15, -0.1) is 0 Å². The van der Waals surface area contributed by atoms with E-state index in [0.29, 0.717) is 25.2 Å². The van der Waals surface area contributed by atoms with Crippen molar-refractivity contribution in [2.45, 2.75) is 44.1 Å². The Morgan fingerprint density at radius 1 is 1.46 bits per heavy atom. The third-order valence-corrected chi connectivity index (χ3v) is 5.76. The topological polar surface area (TPSA) is 108 Å². The highest BCUT2D eigenvalue weighted by atomic mass is 16.5. The molecule has 0 saturated carbocycles. The molecule has 2 heterocycles. The summed E-state index contributed by atoms with van der Waals surface area (Å²) < 4.78 is 6.86. The van der Waals surface area contributed by atoms with Crippen LogP contribution in [0.1, 0.15) is 41.4 Å². The standard InChI is InChI=1S/C19H25N5O2/c1-19(8-9-22-16-13(19)4-3-5-15(16)26-2)18(25)24-17(21)12-7-6-11(20)10-14(12)23-24/h3-5,11,22H,6-10,20-21H2,1-2H3. The van der Waals surface area contributed by atoms with Crippen molar-refractivity contribution >= 4 is 17.4 Å². The van der Waals surface area contributed by atoms with Crippen molar-refractivity contribution < 1.29 is 9.53 Å². The Balaban J connectivity index is 1.79. The molecule has 1 aromatic heterocycles. The summed E-state index contributed by atoms with van der Waals surface area (Å²) in [5.41, 5.74) is 15.3. The van der Waals surface area contributed by atoms with Gasteiger partial charge in [-0.3, -0.25) is 4.79 Å². The van der Waals surface area contributed by atoms with E-state index in [2.05, 4.69) is 10.4 Å². The molecule has 0 radical (unpaired) electrons. The number of hydrogen-bond donors (Lipinski definition) is 3. The molecule has 1 aliphatic heterocycles. The van der Waals surface area contributed by atoms with Gasteiger partial charge in [-0.05, 0) is 37.8 Å². The van der Waals surface area contributed by atoms with Crippen molar-refractivity contribution in [3.05, 3.63) is 35.0 Å². The van der Waals surface area contributed by atoms with Crippen LogP contribution in [0, 0.1) is 0 Å². The minimum absolute atomic E-state index is 0.0832. The van der Waals surface area contributed by atoms with Crippen molar-refractivity contribution in [2.24, 2.45) is 5.73 Å². The molecule has 5 N–H and O–H groups in total. The lowest BCUT2D eigenvalue weighted by Gasteiger charge is -2.35. The summed E-state index contributed by atoms with van der Waals surface area (Å²) in [4.78, 5) is 13.5. The van der Waals surface area contributed by atoms with E-state index < -0.39 is 5.41 Å². The number of aromatic nitrogens is 2. The predicted octanol–water partition coefficient (Wildman–Crippen LogP) is 1.70. The van der Waals surface area contributed by atoms with Crippen LogP contribution in [0.15, 0.2) is 18.2 Å². The number of nitrogens with two attached hydrogens (primary N) is 2. The third kappa shape index (κ3) is 2.38. The maximum atomic E-state index is 13.5. The van der Waals surface area contributed by atoms with Gasteiger partial charge in [-0.2, -0.15) is 9.78 Å². The van der Waals surface area contributed by atoms with Crippen LogP contribution in [-0.4, -0.2) is 35.4 Å². The smallest absolute Gasteiger partial charge is 0.259 e. The molecule has 1 aromatic carbocycles. The number of nitrogens with one attached hydrogen (secondary N) is 1. The first-order chi connectivity index (χ1) is 12.5. The molecule has 7 heteroatoms. The van der Waals surface area contributed by atoms with Crippen LogP contribution < -0.4 is 21.5 Å². The van der Waals surface area contributed by atoms with E-state index in [-0.39, 0.29) is 11.9 Å². The molecule has 2 unspecified atom stereocenters. The molecule has 0 spiro atoms. The van der Waals surface area contributed by atoms with Crippen LogP contribution in [0.3, 0.4) is 0 Å². The summed E-state index contributed by atoms with van der Waals surface area (Å²) in [7, 11) is 1.63. The number of para-hydroxylation sites is 1. The van der Waals surface area contributed by atoms with Crippen LogP contribution in [0.5, 0.6) is 5.75 Å². The third-order valence-electron chi connectivity index (χ3n) is 5.76. The van der Waals surface area contributed by atoms with Gasteiger partial charge >= 0.3 is 0 Å². The summed E-state index contributed by atoms with van der Waals surface area (Å²) >= 11 is 0. The molecule has 2 aromatic rings. The SMILES string of the molecule is COc1cccc2c1NCCC2(C)C(=O)n1nc2c(c1N)CCC(N)C2. The lowest BCUT2D eigenvalue weighted by molar-refractivity contribution is 0.0785. The Hall–Kier alpha value is -2.54. The largest absolute Gasteiger partial charge is 0.495 e. The summed E-state index contributed by atoms with van der Waals surface area (Å²) in [5.74, 6) is 1.09. The maximum Gasteiger partial charge on any atom is 0.259 e. The molecular formula is C19H25N5O2. The summed E-state index contributed by atoms with van der Waals surface area (Å²) in [6.45, 7) is 2.64. The van der Waals surface area contributed by atoms with Gasteiger partial charge in [0.05, 0.1) is 23.9 Å². The fraction of sp³-hybridized carbons (Fsp3) is 0.474. The van der Waals surface area contributed by atoms with E-state index in [4.69, 9.17) is 16.2 Å². The molecule has 26 heavy (non-hydrogen) atoms. The van der Waals surface area contributed by atoms with Crippen molar-refractivity contribution in [1.29, 1.82) is 0 Å². The fourth-order valence-corrected chi connectivity index (χ4v) is 4.15. The number of nitrogens with zero attached hydrogens (tertiary/aromatic N) is 2. The summed E-state index contributed by atoms with van der Waals surface area (Å²) in [6.07, 6.45) is 2.98. The molecule has 0 bridgehead atoms. The molecular weight excluding hydrogens is 330 g/mol. The second-order valence-electron chi connectivity index (χ2n) is 7.42. The van der Waals surface area contributed by atoms with Crippen LogP contribution >= 0.6 is 0 Å². The van der Waals surface area contributed by atoms with E-state index in [9.17, 15) is 4.79 Å². The second kappa shape index (κ2) is 6.02. The van der Waals surface area contributed by atoms with Crippen molar-refractivity contribution in [1.82, 2.24) is 9.78 Å². The highest BCUT2D eigenvalue weighted by molar-refractivity contribution is 5.94. The Bertz CT molecular complexity index is 875. The number of methoxy groups -OCH3 is 1. The first-order valence-electron chi connectivity index (χ1n) is 9.03. The van der Waals surface area contributed by atoms with Crippen molar-refractivity contribution in [3.63, 3.8) is 0 Å². The van der Waals surface area contributed by atoms with Crippen molar-refractivity contribution in [2.75, 3.05) is 24.7 Å². The molecule has 2 aliphatic rings. The molecule has 138 valence electrons. The second-order valence-corrected chi connectivity index (χ2v) is 7.42. The van der Waals surface area contributed by atoms with Crippen LogP contribution in [0.4, 0.5) is 11.5 Å². The van der Waals surface area contributed by atoms with Gasteiger partial charge in [0, 0.05) is 24.6 Å². The number of rotatable bonds is 2. The zero-order valence-electron chi connectivity index (χ0n) is 15.2. The Kier molecular flexibility index (Phi) is 3.91. The Morgan fingerprint density at radius 3 is 3.04 bits per heavy atom. The zero-order valence-corrected chi connectivity index (χ0v) is 15.2. The maximum absolute atomic E-state index is 13.5. The zero-order chi connectivity index (χ0) is 18.5. The molecule has 0 saturated heterocycles. The van der Waals surface area contributed by atoms with Gasteiger partial charge < -0.3 is 21.5 Å². The number of nitrogen functional groups attached to an aromatic ring is 1. The van der Waals surface area contributed by atoms with Crippen molar-refractivity contribution in [3.8, 4) is 5.75 Å². The van der Waals surface area contributed by atoms with Crippen LogP contribution in [0.25, 0.3) is 0 Å². The van der Waals surface area contributed by atoms with Gasteiger partial charge in [0.15, 0.2) is 0 Å². The minimum atomic E-state index is -0.722. The van der Waals surface area contributed by atoms with Crippen LogP contribution in [-0.2, 0) is 18.3 Å². The van der Waals surface area contributed by atoms with E-state index >= 15 is 0 Å². The predicted molar refractivity (Wildman–Crippen MR) is 101 cm³/mol. The molecule has 7 nitrogen and oxygen atoms in total. The molecule has 0 fully saturated rings. The molecule has 4 rings (SSSR count). The number of hydrogen-bond acceptors (Lipinski definition) is 6. The fourth-order valence-electron chi connectivity index (χ4n) is 4.15. The average molecular weight is 355 g/mol. The number of anilines is 2. The number of carbonyl (C=O) groups is 1. The number of ether oxygens (including phenoxy) is 1. The lowest BCUT2D eigenvalue weighted by atomic mass is 9.75. The lowest BCUT2D eigenvalue weighted by Crippen LogP contribution is -2.42. The molecule has 1 aliphatic carbocycles. The minimum Gasteiger partial charge on any atom is -0.495 e. The van der Waals surface area contributed by atoms with Gasteiger partial charge in [0.2, 0.25) is 0 Å². The monoisotopic (exact) mass is 355 g/mol. The summed E-state index contributed by atoms with van der Waals surface area (Å²) in [6, 6.07) is 5.86. The van der Waals surface area contributed by atoms with Gasteiger partial charge in [0.1, 0.15) is 11.6 Å². The highest BCUT2D eigenvalue weighted by Crippen LogP contribution is 2.43. The average Bonchev–Trinajstić information content (AvgIpc) is 2.96. The first kappa shape index (κ1) is 16.9. The Morgan fingerprint density at radius 2 is 2.27 bits per heavy atom. The van der Waals surface area contributed by atoms with Crippen LogP contribution in [0.2, 0.25) is 0 Å². The van der Waals surface area contributed by atoms with Gasteiger partial charge in [0.25, 0.3) is 5.91 Å². The molecule has 2 atom stereocenters. The Labute approximate surface area is 152 Å². The van der Waals surface area contributed by atoms with E-state index in [1.54, 1.807) is 7.11 Å². The van der Waals surface area contributed by atoms with Gasteiger partial charge in [-0.25, -0.2) is 0 Å². The van der Waals surface area contributed by atoms with E-state index in [0.717, 1.165) is 41.1 Å². The first-order valence-corrected chi connectivity index (χ1v) is 9.03. The van der Waals surface area contributed by atoms with E-state index in [1.165, 1.54) is 4.68 Å². The normalized spacial score (nSPS) is 24.3. The van der Waals surface area contributed by atoms with E-state index in [1.807, 2.05) is 25.1 Å². The quantitative estimate of drug-likeness (QED) is 0.757. The highest BCUT2D eigenvalue weighted by Gasteiger charge is 2.42. The molecule has 0 amide bonds. The van der Waals surface area contributed by atoms with Gasteiger partial charge in [-0.1, -0.05) is 12.1 Å².